The number of rotatable bonds is 3. The molecule has 1 aliphatic heterocycles. The number of aromatic nitrogens is 2. The van der Waals surface area contributed by atoms with Crippen molar-refractivity contribution in [3.8, 4) is 11.3 Å². The molecule has 30 heavy (non-hydrogen) atoms. The Labute approximate surface area is 185 Å². The van der Waals surface area contributed by atoms with Crippen LogP contribution in [-0.2, 0) is 0 Å². The van der Waals surface area contributed by atoms with Crippen LogP contribution < -0.4 is 10.2 Å². The second-order valence-corrected chi connectivity index (χ2v) is 7.94. The third-order valence-electron chi connectivity index (χ3n) is 5.13. The van der Waals surface area contributed by atoms with Gasteiger partial charge in [-0.3, -0.25) is 0 Å². The van der Waals surface area contributed by atoms with E-state index in [0.29, 0.717) is 41.9 Å². The van der Waals surface area contributed by atoms with Crippen LogP contribution in [0.1, 0.15) is 5.56 Å². The average Bonchev–Trinajstić information content (AvgIpc) is 2.77. The number of hydrogen-bond acceptors (Lipinski definition) is 4. The summed E-state index contributed by atoms with van der Waals surface area (Å²) in [5.74, 6) is 0.817. The van der Waals surface area contributed by atoms with Gasteiger partial charge in [-0.1, -0.05) is 47.5 Å². The van der Waals surface area contributed by atoms with Crippen molar-refractivity contribution in [1.82, 2.24) is 15.1 Å². The maximum atomic E-state index is 12.5. The number of benzene rings is 2. The van der Waals surface area contributed by atoms with Crippen molar-refractivity contribution in [2.75, 3.05) is 36.4 Å². The number of nitrogens with one attached hydrogen (secondary N) is 1. The number of amides is 2. The first kappa shape index (κ1) is 20.4. The first-order valence-corrected chi connectivity index (χ1v) is 10.4. The highest BCUT2D eigenvalue weighted by molar-refractivity contribution is 6.42. The average molecular weight is 442 g/mol. The van der Waals surface area contributed by atoms with E-state index in [-0.39, 0.29) is 6.03 Å². The van der Waals surface area contributed by atoms with Gasteiger partial charge in [0.05, 0.1) is 15.7 Å². The van der Waals surface area contributed by atoms with Crippen LogP contribution in [0.4, 0.5) is 16.3 Å². The fraction of sp³-hybridized carbons (Fsp3) is 0.227. The van der Waals surface area contributed by atoms with Crippen molar-refractivity contribution in [3.05, 3.63) is 70.2 Å². The predicted octanol–water partition coefficient (Wildman–Crippen LogP) is 5.11. The van der Waals surface area contributed by atoms with Gasteiger partial charge in [-0.15, -0.1) is 10.2 Å². The lowest BCUT2D eigenvalue weighted by molar-refractivity contribution is 0.208. The van der Waals surface area contributed by atoms with Gasteiger partial charge >= 0.3 is 6.03 Å². The molecule has 0 bridgehead atoms. The number of hydrogen-bond donors (Lipinski definition) is 1. The lowest BCUT2D eigenvalue weighted by atomic mass is 10.1. The summed E-state index contributed by atoms with van der Waals surface area (Å²) in [6.07, 6.45) is 0. The molecule has 0 aliphatic carbocycles. The monoisotopic (exact) mass is 441 g/mol. The normalized spacial score (nSPS) is 14.0. The van der Waals surface area contributed by atoms with Gasteiger partial charge in [0.25, 0.3) is 0 Å². The van der Waals surface area contributed by atoms with E-state index in [9.17, 15) is 4.79 Å². The number of carbonyl (C=O) groups is 1. The van der Waals surface area contributed by atoms with Crippen LogP contribution in [-0.4, -0.2) is 47.3 Å². The van der Waals surface area contributed by atoms with Crippen LogP contribution in [0.3, 0.4) is 0 Å². The first-order valence-electron chi connectivity index (χ1n) is 9.67. The summed E-state index contributed by atoms with van der Waals surface area (Å²) in [5, 5.41) is 12.5. The Morgan fingerprint density at radius 2 is 1.70 bits per heavy atom. The number of piperazine rings is 1. The molecule has 8 heteroatoms. The van der Waals surface area contributed by atoms with Crippen LogP contribution in [0.25, 0.3) is 11.3 Å². The zero-order valence-corrected chi connectivity index (χ0v) is 18.0. The Bertz CT molecular complexity index is 1050. The Morgan fingerprint density at radius 1 is 0.933 bits per heavy atom. The number of carbonyl (C=O) groups excluding carboxylic acids is 1. The highest BCUT2D eigenvalue weighted by atomic mass is 35.5. The molecule has 1 fully saturated rings. The zero-order chi connectivity index (χ0) is 21.1. The molecule has 2 heterocycles. The topological polar surface area (TPSA) is 61.4 Å². The zero-order valence-electron chi connectivity index (χ0n) is 16.5. The molecule has 3 aromatic rings. The highest BCUT2D eigenvalue weighted by Crippen LogP contribution is 2.25. The van der Waals surface area contributed by atoms with Crippen LogP contribution in [0, 0.1) is 6.92 Å². The fourth-order valence-corrected chi connectivity index (χ4v) is 3.71. The second kappa shape index (κ2) is 8.90. The maximum absolute atomic E-state index is 12.5. The molecule has 1 N–H and O–H groups in total. The number of aryl methyl sites for hydroxylation is 1. The molecule has 6 nitrogen and oxygen atoms in total. The summed E-state index contributed by atoms with van der Waals surface area (Å²) in [7, 11) is 0. The molecule has 0 spiro atoms. The third kappa shape index (κ3) is 4.50. The van der Waals surface area contributed by atoms with Crippen molar-refractivity contribution in [2.45, 2.75) is 6.92 Å². The lowest BCUT2D eigenvalue weighted by Gasteiger charge is -2.35. The maximum Gasteiger partial charge on any atom is 0.321 e. The smallest absolute Gasteiger partial charge is 0.321 e. The van der Waals surface area contributed by atoms with Crippen molar-refractivity contribution in [2.24, 2.45) is 0 Å². The molecule has 0 unspecified atom stereocenters. The quantitative estimate of drug-likeness (QED) is 0.612. The van der Waals surface area contributed by atoms with E-state index < -0.39 is 0 Å². The number of halogens is 2. The number of nitrogens with zero attached hydrogens (tertiary/aromatic N) is 4. The molecular formula is C22H21Cl2N5O. The molecule has 1 saturated heterocycles. The standard InChI is InChI=1S/C22H21Cl2N5O/c1-15-4-2-3-5-17(15)20-8-9-21(27-26-20)28-10-12-29(13-11-28)22(30)25-16-6-7-18(23)19(24)14-16/h2-9,14H,10-13H2,1H3,(H,25,30). The van der Waals surface area contributed by atoms with Crippen molar-refractivity contribution < 1.29 is 4.79 Å². The van der Waals surface area contributed by atoms with Crippen molar-refractivity contribution in [1.29, 1.82) is 0 Å². The minimum absolute atomic E-state index is 0.158. The van der Waals surface area contributed by atoms with Gasteiger partial charge in [-0.2, -0.15) is 0 Å². The minimum Gasteiger partial charge on any atom is -0.352 e. The van der Waals surface area contributed by atoms with Gasteiger partial charge in [0, 0.05) is 37.4 Å². The predicted molar refractivity (Wildman–Crippen MR) is 121 cm³/mol. The molecule has 4 rings (SSSR count). The van der Waals surface area contributed by atoms with E-state index >= 15 is 0 Å². The Morgan fingerprint density at radius 3 is 2.37 bits per heavy atom. The molecule has 1 aromatic heterocycles. The van der Waals surface area contributed by atoms with Gasteiger partial charge in [0.1, 0.15) is 0 Å². The lowest BCUT2D eigenvalue weighted by Crippen LogP contribution is -2.50. The highest BCUT2D eigenvalue weighted by Gasteiger charge is 2.22. The Kier molecular flexibility index (Phi) is 6.06. The second-order valence-electron chi connectivity index (χ2n) is 7.12. The third-order valence-corrected chi connectivity index (χ3v) is 5.87. The molecule has 2 amide bonds. The Hall–Kier alpha value is -2.83. The number of anilines is 2. The van der Waals surface area contributed by atoms with Crippen molar-refractivity contribution in [3.63, 3.8) is 0 Å². The van der Waals surface area contributed by atoms with E-state index in [1.807, 2.05) is 30.3 Å². The fourth-order valence-electron chi connectivity index (χ4n) is 3.41. The first-order chi connectivity index (χ1) is 14.5. The summed E-state index contributed by atoms with van der Waals surface area (Å²) in [5.41, 5.74) is 3.73. The van der Waals surface area contributed by atoms with Gasteiger partial charge in [0.15, 0.2) is 5.82 Å². The summed E-state index contributed by atoms with van der Waals surface area (Å²) >= 11 is 11.9. The molecule has 1 aliphatic rings. The Balaban J connectivity index is 1.35. The summed E-state index contributed by atoms with van der Waals surface area (Å²) in [6.45, 7) is 4.62. The minimum atomic E-state index is -0.158. The van der Waals surface area contributed by atoms with Gasteiger partial charge in [-0.25, -0.2) is 4.79 Å². The molecule has 2 aromatic carbocycles. The molecule has 0 atom stereocenters. The number of urea groups is 1. The van der Waals surface area contributed by atoms with Gasteiger partial charge in [0.2, 0.25) is 0 Å². The van der Waals surface area contributed by atoms with E-state index in [4.69, 9.17) is 23.2 Å². The van der Waals surface area contributed by atoms with E-state index in [1.54, 1.807) is 23.1 Å². The van der Waals surface area contributed by atoms with Gasteiger partial charge < -0.3 is 15.1 Å². The summed E-state index contributed by atoms with van der Waals surface area (Å²) < 4.78 is 0. The molecule has 0 saturated carbocycles. The van der Waals surface area contributed by atoms with Crippen LogP contribution in [0.15, 0.2) is 54.6 Å². The molecule has 154 valence electrons. The SMILES string of the molecule is Cc1ccccc1-c1ccc(N2CCN(C(=O)Nc3ccc(Cl)c(Cl)c3)CC2)nn1. The van der Waals surface area contributed by atoms with Crippen LogP contribution in [0.2, 0.25) is 10.0 Å². The van der Waals surface area contributed by atoms with E-state index in [0.717, 1.165) is 17.1 Å². The summed E-state index contributed by atoms with van der Waals surface area (Å²) in [4.78, 5) is 16.4. The molecule has 0 radical (unpaired) electrons. The van der Waals surface area contributed by atoms with Crippen molar-refractivity contribution >= 4 is 40.7 Å². The van der Waals surface area contributed by atoms with E-state index in [1.165, 1.54) is 5.56 Å². The van der Waals surface area contributed by atoms with E-state index in [2.05, 4.69) is 33.4 Å². The van der Waals surface area contributed by atoms with Crippen LogP contribution >= 0.6 is 23.2 Å². The summed E-state index contributed by atoms with van der Waals surface area (Å²) in [6, 6.07) is 17.0. The van der Waals surface area contributed by atoms with Gasteiger partial charge in [-0.05, 0) is 42.8 Å². The largest absolute Gasteiger partial charge is 0.352 e. The molecular weight excluding hydrogens is 421 g/mol. The van der Waals surface area contributed by atoms with Crippen LogP contribution in [0.5, 0.6) is 0 Å².